The van der Waals surface area contributed by atoms with E-state index in [1.54, 1.807) is 6.82 Å². The van der Waals surface area contributed by atoms with Gasteiger partial charge in [0, 0.05) is 5.57 Å². The lowest BCUT2D eigenvalue weighted by atomic mass is 9.81. The fourth-order valence-corrected chi connectivity index (χ4v) is 2.41. The molecule has 0 unspecified atom stereocenters. The van der Waals surface area contributed by atoms with Crippen molar-refractivity contribution in [2.24, 2.45) is 0 Å². The van der Waals surface area contributed by atoms with Crippen LogP contribution in [0.15, 0.2) is 35.9 Å². The summed E-state index contributed by atoms with van der Waals surface area (Å²) in [5.74, 6) is 0. The van der Waals surface area contributed by atoms with Gasteiger partial charge in [-0.05, 0) is 38.3 Å². The molecule has 0 atom stereocenters. The predicted octanol–water partition coefficient (Wildman–Crippen LogP) is 1.85. The molecule has 1 aliphatic heterocycles. The van der Waals surface area contributed by atoms with E-state index >= 15 is 0 Å². The van der Waals surface area contributed by atoms with E-state index < -0.39 is 7.05 Å². The number of nitrogens with zero attached hydrogens (tertiary/aromatic N) is 1. The Kier molecular flexibility index (Phi) is 4.34. The predicted molar refractivity (Wildman–Crippen MR) is 74.1 cm³/mol. The first-order valence-electron chi connectivity index (χ1n) is 6.37. The van der Waals surface area contributed by atoms with Crippen molar-refractivity contribution < 1.29 is 9.82 Å². The van der Waals surface area contributed by atoms with Crippen molar-refractivity contribution in [3.8, 4) is 0 Å². The average molecular weight is 243 g/mol. The summed E-state index contributed by atoms with van der Waals surface area (Å²) in [5, 5.41) is 9.52. The highest BCUT2D eigenvalue weighted by atomic mass is 16.2. The van der Waals surface area contributed by atoms with Crippen LogP contribution in [0.5, 0.6) is 0 Å². The van der Waals surface area contributed by atoms with Gasteiger partial charge in [0.1, 0.15) is 0 Å². The Morgan fingerprint density at radius 2 is 1.89 bits per heavy atom. The highest BCUT2D eigenvalue weighted by Gasteiger charge is 2.22. The molecule has 1 heterocycles. The second-order valence-corrected chi connectivity index (χ2v) is 4.67. The van der Waals surface area contributed by atoms with Crippen LogP contribution in [0.25, 0.3) is 5.57 Å². The third kappa shape index (κ3) is 2.89. The Hall–Kier alpha value is -1.39. The monoisotopic (exact) mass is 243 g/mol. The zero-order valence-corrected chi connectivity index (χ0v) is 10.7. The van der Waals surface area contributed by atoms with Crippen molar-refractivity contribution in [2.45, 2.75) is 19.7 Å². The Bertz CT molecular complexity index is 432. The molecule has 3 nitrogen and oxygen atoms in total. The summed E-state index contributed by atoms with van der Waals surface area (Å²) in [7, 11) is -0.400. The van der Waals surface area contributed by atoms with E-state index in [2.05, 4.69) is 0 Å². The maximum absolute atomic E-state index is 11.3. The number of aldehydes is 1. The number of allylic oxidation sites excluding steroid dienone is 1. The molecule has 4 heteroatoms. The maximum Gasteiger partial charge on any atom is 0.376 e. The normalized spacial score (nSPS) is 16.4. The van der Waals surface area contributed by atoms with Gasteiger partial charge in [0.15, 0.2) is 6.29 Å². The lowest BCUT2D eigenvalue weighted by Crippen LogP contribution is -2.41. The van der Waals surface area contributed by atoms with Crippen molar-refractivity contribution in [1.82, 2.24) is 4.81 Å². The van der Waals surface area contributed by atoms with E-state index in [0.717, 1.165) is 43.4 Å². The number of rotatable bonds is 3. The summed E-state index contributed by atoms with van der Waals surface area (Å²) in [6, 6.07) is 9.79. The van der Waals surface area contributed by atoms with E-state index in [1.165, 1.54) is 5.57 Å². The van der Waals surface area contributed by atoms with Crippen LogP contribution >= 0.6 is 0 Å². The van der Waals surface area contributed by atoms with Crippen LogP contribution in [0.4, 0.5) is 0 Å². The molecule has 1 saturated heterocycles. The first-order chi connectivity index (χ1) is 8.72. The Balaban J connectivity index is 2.18. The van der Waals surface area contributed by atoms with Gasteiger partial charge < -0.3 is 9.83 Å². The van der Waals surface area contributed by atoms with Gasteiger partial charge in [0.2, 0.25) is 0 Å². The van der Waals surface area contributed by atoms with Gasteiger partial charge in [-0.1, -0.05) is 35.9 Å². The number of carbonyl (C=O) groups excluding carboxylic acids is 1. The minimum atomic E-state index is -0.400. The first kappa shape index (κ1) is 13.1. The summed E-state index contributed by atoms with van der Waals surface area (Å²) in [6.07, 6.45) is 2.67. The third-order valence-corrected chi connectivity index (χ3v) is 3.51. The van der Waals surface area contributed by atoms with E-state index in [4.69, 9.17) is 0 Å². The minimum Gasteiger partial charge on any atom is -0.437 e. The fraction of sp³-hybridized carbons (Fsp3) is 0.357. The maximum atomic E-state index is 11.3. The van der Waals surface area contributed by atoms with Gasteiger partial charge >= 0.3 is 7.05 Å². The molecule has 0 radical (unpaired) electrons. The molecule has 94 valence electrons. The molecule has 1 aromatic carbocycles. The van der Waals surface area contributed by atoms with E-state index in [1.807, 2.05) is 35.1 Å². The second kappa shape index (κ2) is 5.98. The van der Waals surface area contributed by atoms with E-state index in [-0.39, 0.29) is 0 Å². The molecule has 1 aromatic rings. The highest BCUT2D eigenvalue weighted by Crippen LogP contribution is 2.25. The number of benzene rings is 1. The minimum absolute atomic E-state index is 0.400. The molecule has 0 aliphatic carbocycles. The van der Waals surface area contributed by atoms with E-state index in [9.17, 15) is 9.82 Å². The van der Waals surface area contributed by atoms with E-state index in [0.29, 0.717) is 0 Å². The summed E-state index contributed by atoms with van der Waals surface area (Å²) in [5.41, 5.74) is 3.02. The van der Waals surface area contributed by atoms with Crippen molar-refractivity contribution >= 4 is 18.9 Å². The smallest absolute Gasteiger partial charge is 0.376 e. The topological polar surface area (TPSA) is 40.5 Å². The van der Waals surface area contributed by atoms with Crippen molar-refractivity contribution in [2.75, 3.05) is 13.1 Å². The van der Waals surface area contributed by atoms with Crippen LogP contribution in [0.1, 0.15) is 18.4 Å². The fourth-order valence-electron chi connectivity index (χ4n) is 2.41. The second-order valence-electron chi connectivity index (χ2n) is 4.67. The quantitative estimate of drug-likeness (QED) is 0.500. The van der Waals surface area contributed by atoms with Crippen LogP contribution in [0.2, 0.25) is 6.82 Å². The molecule has 0 spiro atoms. The third-order valence-electron chi connectivity index (χ3n) is 3.51. The molecule has 2 rings (SSSR count). The SMILES string of the molecule is CB(O)N1CCC(=C(C=O)c2ccccc2)CC1. The van der Waals surface area contributed by atoms with Gasteiger partial charge in [-0.25, -0.2) is 0 Å². The zero-order chi connectivity index (χ0) is 13.0. The van der Waals surface area contributed by atoms with Crippen LogP contribution < -0.4 is 0 Å². The molecule has 1 aliphatic rings. The van der Waals surface area contributed by atoms with Gasteiger partial charge in [-0.15, -0.1) is 0 Å². The van der Waals surface area contributed by atoms with Crippen LogP contribution in [0.3, 0.4) is 0 Å². The molecule has 0 amide bonds. The number of hydrogen-bond acceptors (Lipinski definition) is 3. The Morgan fingerprint density at radius 3 is 2.39 bits per heavy atom. The molecule has 0 bridgehead atoms. The van der Waals surface area contributed by atoms with Crippen LogP contribution in [-0.4, -0.2) is 36.3 Å². The molecule has 1 N–H and O–H groups in total. The Morgan fingerprint density at radius 1 is 1.28 bits per heavy atom. The Labute approximate surface area is 108 Å². The average Bonchev–Trinajstić information content (AvgIpc) is 2.41. The van der Waals surface area contributed by atoms with Crippen LogP contribution in [-0.2, 0) is 4.79 Å². The summed E-state index contributed by atoms with van der Waals surface area (Å²) in [4.78, 5) is 13.3. The summed E-state index contributed by atoms with van der Waals surface area (Å²) < 4.78 is 0. The molecular formula is C14H18BNO2. The van der Waals surface area contributed by atoms with Crippen molar-refractivity contribution in [3.63, 3.8) is 0 Å². The van der Waals surface area contributed by atoms with Crippen molar-refractivity contribution in [3.05, 3.63) is 41.5 Å². The summed E-state index contributed by atoms with van der Waals surface area (Å²) >= 11 is 0. The van der Waals surface area contributed by atoms with Gasteiger partial charge in [0.25, 0.3) is 0 Å². The molecular weight excluding hydrogens is 225 g/mol. The first-order valence-corrected chi connectivity index (χ1v) is 6.37. The molecule has 0 saturated carbocycles. The van der Waals surface area contributed by atoms with Gasteiger partial charge in [-0.2, -0.15) is 0 Å². The molecule has 18 heavy (non-hydrogen) atoms. The summed E-state index contributed by atoms with van der Waals surface area (Å²) in [6.45, 7) is 3.42. The van der Waals surface area contributed by atoms with Crippen LogP contribution in [0, 0.1) is 0 Å². The zero-order valence-electron chi connectivity index (χ0n) is 10.7. The highest BCUT2D eigenvalue weighted by molar-refractivity contribution is 6.45. The lowest BCUT2D eigenvalue weighted by Gasteiger charge is -2.29. The standard InChI is InChI=1S/C14H18BNO2/c1-15(18)16-9-7-13(8-10-16)14(11-17)12-5-3-2-4-6-12/h2-6,11,18H,7-10H2,1H3. The number of piperidine rings is 1. The lowest BCUT2D eigenvalue weighted by molar-refractivity contribution is -0.103. The molecule has 1 fully saturated rings. The number of hydrogen-bond donors (Lipinski definition) is 1. The van der Waals surface area contributed by atoms with Gasteiger partial charge in [0.05, 0.1) is 0 Å². The van der Waals surface area contributed by atoms with Crippen molar-refractivity contribution in [1.29, 1.82) is 0 Å². The van der Waals surface area contributed by atoms with Gasteiger partial charge in [-0.3, -0.25) is 4.79 Å². The number of carbonyl (C=O) groups is 1. The largest absolute Gasteiger partial charge is 0.437 e. The molecule has 0 aromatic heterocycles.